The molecule has 6 aromatic carbocycles. The van der Waals surface area contributed by atoms with Crippen LogP contribution in [0.3, 0.4) is 0 Å². The summed E-state index contributed by atoms with van der Waals surface area (Å²) in [4.78, 5) is 0. The summed E-state index contributed by atoms with van der Waals surface area (Å²) in [5, 5.41) is 44.8. The summed E-state index contributed by atoms with van der Waals surface area (Å²) < 4.78 is 32.6. The number of halogens is 3. The van der Waals surface area contributed by atoms with Crippen molar-refractivity contribution < 1.29 is 24.1 Å². The number of hydrogen-bond acceptors (Lipinski definition) is 6. The highest BCUT2D eigenvalue weighted by atomic mass is 79.9. The molecule has 0 aliphatic carbocycles. The van der Waals surface area contributed by atoms with Gasteiger partial charge in [-0.25, -0.2) is 18.1 Å². The van der Waals surface area contributed by atoms with E-state index in [4.69, 9.17) is 5.10 Å². The number of para-hydroxylation sites is 1. The second-order valence-electron chi connectivity index (χ2n) is 11.4. The van der Waals surface area contributed by atoms with Gasteiger partial charge in [-0.1, -0.05) is 36.4 Å². The number of phenols is 3. The van der Waals surface area contributed by atoms with Crippen LogP contribution < -0.4 is 5.32 Å². The van der Waals surface area contributed by atoms with E-state index in [1.165, 1.54) is 29.1 Å². The predicted octanol–water partition coefficient (Wildman–Crippen LogP) is 9.60. The largest absolute Gasteiger partial charge is 0.508 e. The molecule has 8 rings (SSSR count). The fourth-order valence-electron chi connectivity index (χ4n) is 5.93. The fourth-order valence-corrected chi connectivity index (χ4v) is 6.50. The molecule has 0 spiro atoms. The molecular formula is C38H24BrF2N5O3. The molecule has 4 N–H and O–H groups in total. The van der Waals surface area contributed by atoms with Gasteiger partial charge in [0, 0.05) is 40.5 Å². The number of hydrogen-bond donors (Lipinski definition) is 4. The Hall–Kier alpha value is -6.20. The van der Waals surface area contributed by atoms with Gasteiger partial charge in [0.15, 0.2) is 11.6 Å². The molecule has 0 amide bonds. The van der Waals surface area contributed by atoms with Gasteiger partial charge in [-0.2, -0.15) is 10.2 Å². The fraction of sp³-hybridized carbons (Fsp3) is 0. The molecule has 0 bridgehead atoms. The van der Waals surface area contributed by atoms with Gasteiger partial charge in [-0.05, 0) is 87.7 Å². The van der Waals surface area contributed by atoms with Crippen molar-refractivity contribution in [2.75, 3.05) is 5.32 Å². The first-order valence-electron chi connectivity index (χ1n) is 15.1. The van der Waals surface area contributed by atoms with Gasteiger partial charge >= 0.3 is 0 Å². The Labute approximate surface area is 285 Å². The Balaban J connectivity index is 1.15. The minimum absolute atomic E-state index is 0.104. The Morgan fingerprint density at radius 3 is 2.04 bits per heavy atom. The van der Waals surface area contributed by atoms with Gasteiger partial charge in [-0.15, -0.1) is 0 Å². The van der Waals surface area contributed by atoms with Gasteiger partial charge in [-0.3, -0.25) is 0 Å². The normalized spacial score (nSPS) is 11.4. The summed E-state index contributed by atoms with van der Waals surface area (Å²) in [6.07, 6.45) is 1.40. The van der Waals surface area contributed by atoms with E-state index < -0.39 is 17.4 Å². The molecule has 0 unspecified atom stereocenters. The molecule has 0 atom stereocenters. The average Bonchev–Trinajstić information content (AvgIpc) is 3.69. The maximum Gasteiger partial charge on any atom is 0.165 e. The third-order valence-electron chi connectivity index (χ3n) is 8.34. The first kappa shape index (κ1) is 30.2. The van der Waals surface area contributed by atoms with Crippen LogP contribution in [0.1, 0.15) is 0 Å². The molecule has 0 aliphatic rings. The molecule has 0 fully saturated rings. The number of phenolic OH excluding ortho intramolecular Hbond substituents is 3. The van der Waals surface area contributed by atoms with Crippen molar-refractivity contribution >= 4 is 49.1 Å². The lowest BCUT2D eigenvalue weighted by Crippen LogP contribution is -1.97. The number of nitrogens with one attached hydrogen (secondary N) is 1. The van der Waals surface area contributed by atoms with E-state index in [9.17, 15) is 24.1 Å². The van der Waals surface area contributed by atoms with Crippen LogP contribution in [0.2, 0.25) is 0 Å². The van der Waals surface area contributed by atoms with E-state index in [1.54, 1.807) is 22.9 Å². The van der Waals surface area contributed by atoms with E-state index in [-0.39, 0.29) is 16.9 Å². The lowest BCUT2D eigenvalue weighted by molar-refractivity contribution is 0.433. The zero-order chi connectivity index (χ0) is 33.8. The van der Waals surface area contributed by atoms with E-state index in [0.717, 1.165) is 23.0 Å². The zero-order valence-electron chi connectivity index (χ0n) is 25.3. The summed E-state index contributed by atoms with van der Waals surface area (Å²) in [5.41, 5.74) is 6.09. The second-order valence-corrected chi connectivity index (χ2v) is 12.2. The van der Waals surface area contributed by atoms with Crippen LogP contribution in [0, 0.1) is 11.6 Å². The van der Waals surface area contributed by atoms with Crippen molar-refractivity contribution in [2.45, 2.75) is 0 Å². The number of fused-ring (bicyclic) bond motifs is 2. The number of rotatable bonds is 6. The van der Waals surface area contributed by atoms with Crippen LogP contribution in [-0.4, -0.2) is 34.9 Å². The zero-order valence-corrected chi connectivity index (χ0v) is 26.9. The summed E-state index contributed by atoms with van der Waals surface area (Å²) in [6.45, 7) is 0. The first-order chi connectivity index (χ1) is 23.7. The van der Waals surface area contributed by atoms with E-state index in [1.807, 2.05) is 72.8 Å². The van der Waals surface area contributed by atoms with Crippen LogP contribution in [0.5, 0.6) is 17.2 Å². The van der Waals surface area contributed by atoms with Crippen LogP contribution in [0.15, 0.2) is 126 Å². The van der Waals surface area contributed by atoms with Crippen molar-refractivity contribution in [1.82, 2.24) is 19.6 Å². The van der Waals surface area contributed by atoms with Gasteiger partial charge in [0.2, 0.25) is 0 Å². The average molecular weight is 717 g/mol. The number of anilines is 2. The number of aromatic nitrogens is 4. The topological polar surface area (TPSA) is 108 Å². The Morgan fingerprint density at radius 1 is 0.633 bits per heavy atom. The van der Waals surface area contributed by atoms with Gasteiger partial charge < -0.3 is 20.6 Å². The smallest absolute Gasteiger partial charge is 0.165 e. The van der Waals surface area contributed by atoms with E-state index >= 15 is 0 Å². The van der Waals surface area contributed by atoms with E-state index in [2.05, 4.69) is 26.3 Å². The van der Waals surface area contributed by atoms with Gasteiger partial charge in [0.05, 0.1) is 38.5 Å². The van der Waals surface area contributed by atoms with E-state index in [0.29, 0.717) is 49.1 Å². The molecule has 2 aromatic heterocycles. The minimum atomic E-state index is -0.811. The summed E-state index contributed by atoms with van der Waals surface area (Å²) >= 11 is 3.56. The molecule has 8 aromatic rings. The number of benzene rings is 6. The molecule has 49 heavy (non-hydrogen) atoms. The molecule has 0 radical (unpaired) electrons. The Morgan fingerprint density at radius 2 is 1.29 bits per heavy atom. The van der Waals surface area contributed by atoms with Crippen molar-refractivity contribution in [3.8, 4) is 51.0 Å². The van der Waals surface area contributed by atoms with Crippen LogP contribution in [-0.2, 0) is 0 Å². The summed E-state index contributed by atoms with van der Waals surface area (Å²) in [6, 6.07) is 33.0. The highest BCUT2D eigenvalue weighted by Gasteiger charge is 2.22. The summed E-state index contributed by atoms with van der Waals surface area (Å²) in [7, 11) is 0. The standard InChI is InChI=1S/C38H24BrF2N5O3/c39-36-27(21-6-10-24(11-7-21)45-33-17-26(47)16-31(40)30(33)20-42-45)14-15-28(38(36)49)37-29-18-32(41)35(48)19-34(29)46(44-37)25-12-8-23(9-13-25)43-22-4-2-1-3-5-22/h1-20,43,47-49H. The third kappa shape index (κ3) is 5.30. The molecule has 0 saturated heterocycles. The monoisotopic (exact) mass is 715 g/mol. The maximum absolute atomic E-state index is 14.7. The quantitative estimate of drug-likeness (QED) is 0.137. The van der Waals surface area contributed by atoms with Crippen molar-refractivity contribution in [2.24, 2.45) is 0 Å². The minimum Gasteiger partial charge on any atom is -0.508 e. The van der Waals surface area contributed by atoms with Crippen LogP contribution in [0.25, 0.3) is 55.6 Å². The van der Waals surface area contributed by atoms with Crippen LogP contribution >= 0.6 is 15.9 Å². The van der Waals surface area contributed by atoms with Crippen LogP contribution in [0.4, 0.5) is 20.2 Å². The number of aromatic hydroxyl groups is 3. The van der Waals surface area contributed by atoms with Crippen molar-refractivity contribution in [1.29, 1.82) is 0 Å². The van der Waals surface area contributed by atoms with Gasteiger partial charge in [0.25, 0.3) is 0 Å². The third-order valence-corrected chi connectivity index (χ3v) is 9.14. The molecule has 8 nitrogen and oxygen atoms in total. The lowest BCUT2D eigenvalue weighted by Gasteiger charge is -2.12. The highest BCUT2D eigenvalue weighted by Crippen LogP contribution is 2.44. The highest BCUT2D eigenvalue weighted by molar-refractivity contribution is 9.10. The second kappa shape index (κ2) is 11.8. The van der Waals surface area contributed by atoms with Gasteiger partial charge in [0.1, 0.15) is 23.0 Å². The maximum atomic E-state index is 14.7. The Bertz CT molecular complexity index is 2530. The molecule has 2 heterocycles. The molecule has 0 aliphatic heterocycles. The molecular weight excluding hydrogens is 692 g/mol. The van der Waals surface area contributed by atoms with Crippen molar-refractivity contribution in [3.05, 3.63) is 138 Å². The first-order valence-corrected chi connectivity index (χ1v) is 15.9. The number of nitrogens with zero attached hydrogens (tertiary/aromatic N) is 4. The summed E-state index contributed by atoms with van der Waals surface area (Å²) in [5.74, 6) is -2.20. The molecule has 0 saturated carbocycles. The lowest BCUT2D eigenvalue weighted by atomic mass is 10.00. The predicted molar refractivity (Wildman–Crippen MR) is 189 cm³/mol. The molecule has 240 valence electrons. The SMILES string of the molecule is Oc1cc(F)c2cnn(-c3ccc(-c4ccc(-c5nn(-c6ccc(Nc7ccccc7)cc6)c6cc(O)c(F)cc56)c(O)c4Br)cc3)c2c1. The Kier molecular flexibility index (Phi) is 7.26. The molecule has 11 heteroatoms. The van der Waals surface area contributed by atoms with Crippen molar-refractivity contribution in [3.63, 3.8) is 0 Å².